The summed E-state index contributed by atoms with van der Waals surface area (Å²) in [5, 5.41) is 8.88. The first kappa shape index (κ1) is 13.0. The lowest BCUT2D eigenvalue weighted by molar-refractivity contribution is 0.0697. The number of rotatable bonds is 3. The van der Waals surface area contributed by atoms with Crippen LogP contribution in [0.1, 0.15) is 15.9 Å². The fourth-order valence-corrected chi connectivity index (χ4v) is 1.99. The van der Waals surface area contributed by atoms with E-state index in [4.69, 9.17) is 15.6 Å². The molecule has 0 aromatic heterocycles. The molecule has 0 spiro atoms. The van der Waals surface area contributed by atoms with Crippen LogP contribution in [-0.4, -0.2) is 18.2 Å². The average Bonchev–Trinajstić information content (AvgIpc) is 2.39. The number of carboxylic acid groups (broad SMARTS) is 1. The molecular weight excluding hydrogens is 242 g/mol. The summed E-state index contributed by atoms with van der Waals surface area (Å²) < 4.78 is 5.20. The minimum absolute atomic E-state index is 0.267. The fourth-order valence-electron chi connectivity index (χ4n) is 1.99. The maximum atomic E-state index is 10.8. The maximum absolute atomic E-state index is 10.8. The van der Waals surface area contributed by atoms with Crippen LogP contribution in [0.15, 0.2) is 36.4 Å². The zero-order chi connectivity index (χ0) is 14.0. The number of aromatic carboxylic acids is 1. The van der Waals surface area contributed by atoms with Crippen molar-refractivity contribution in [3.8, 4) is 16.9 Å². The number of carbonyl (C=O) groups is 1. The first-order chi connectivity index (χ1) is 9.02. The van der Waals surface area contributed by atoms with Crippen LogP contribution >= 0.6 is 0 Å². The molecule has 0 fully saturated rings. The van der Waals surface area contributed by atoms with Gasteiger partial charge in [0.05, 0.1) is 18.4 Å². The van der Waals surface area contributed by atoms with E-state index in [2.05, 4.69) is 0 Å². The Balaban J connectivity index is 2.49. The topological polar surface area (TPSA) is 72.5 Å². The predicted molar refractivity (Wildman–Crippen MR) is 74.5 cm³/mol. The van der Waals surface area contributed by atoms with E-state index in [1.807, 2.05) is 19.1 Å². The van der Waals surface area contributed by atoms with Gasteiger partial charge in [-0.2, -0.15) is 0 Å². The van der Waals surface area contributed by atoms with E-state index in [0.29, 0.717) is 11.4 Å². The van der Waals surface area contributed by atoms with Gasteiger partial charge < -0.3 is 15.6 Å². The normalized spacial score (nSPS) is 10.2. The van der Waals surface area contributed by atoms with E-state index < -0.39 is 5.97 Å². The SMILES string of the molecule is COc1cc(-c2ccc(C(=O)O)cc2)c(C)cc1N. The smallest absolute Gasteiger partial charge is 0.335 e. The van der Waals surface area contributed by atoms with E-state index in [1.165, 1.54) is 0 Å². The molecule has 0 amide bonds. The largest absolute Gasteiger partial charge is 0.495 e. The highest BCUT2D eigenvalue weighted by Crippen LogP contribution is 2.32. The molecule has 19 heavy (non-hydrogen) atoms. The van der Waals surface area contributed by atoms with Crippen molar-refractivity contribution in [1.82, 2.24) is 0 Å². The van der Waals surface area contributed by atoms with Crippen molar-refractivity contribution in [3.05, 3.63) is 47.5 Å². The van der Waals surface area contributed by atoms with Gasteiger partial charge in [0.2, 0.25) is 0 Å². The number of nitrogens with two attached hydrogens (primary N) is 1. The summed E-state index contributed by atoms with van der Waals surface area (Å²) in [7, 11) is 1.57. The summed E-state index contributed by atoms with van der Waals surface area (Å²) in [6, 6.07) is 10.4. The highest BCUT2D eigenvalue weighted by molar-refractivity contribution is 5.88. The molecule has 0 aliphatic heterocycles. The molecule has 2 rings (SSSR count). The molecule has 2 aromatic rings. The number of carboxylic acids is 1. The Morgan fingerprint density at radius 3 is 2.37 bits per heavy atom. The van der Waals surface area contributed by atoms with Gasteiger partial charge in [0.1, 0.15) is 5.75 Å². The second-order valence-corrected chi connectivity index (χ2v) is 4.29. The molecule has 0 saturated carbocycles. The molecule has 0 aliphatic carbocycles. The van der Waals surface area contributed by atoms with Gasteiger partial charge in [-0.1, -0.05) is 12.1 Å². The third-order valence-electron chi connectivity index (χ3n) is 3.02. The number of methoxy groups -OCH3 is 1. The summed E-state index contributed by atoms with van der Waals surface area (Å²) in [5.41, 5.74) is 9.62. The molecule has 0 atom stereocenters. The van der Waals surface area contributed by atoms with E-state index in [9.17, 15) is 4.79 Å². The molecule has 4 heteroatoms. The molecule has 2 aromatic carbocycles. The Bertz CT molecular complexity index is 618. The molecule has 0 radical (unpaired) electrons. The number of benzene rings is 2. The van der Waals surface area contributed by atoms with Crippen molar-refractivity contribution in [3.63, 3.8) is 0 Å². The fraction of sp³-hybridized carbons (Fsp3) is 0.133. The second-order valence-electron chi connectivity index (χ2n) is 4.29. The molecule has 0 aliphatic rings. The number of hydrogen-bond acceptors (Lipinski definition) is 3. The first-order valence-electron chi connectivity index (χ1n) is 5.80. The molecule has 0 heterocycles. The van der Waals surface area contributed by atoms with E-state index in [-0.39, 0.29) is 5.56 Å². The third kappa shape index (κ3) is 2.52. The third-order valence-corrected chi connectivity index (χ3v) is 3.02. The summed E-state index contributed by atoms with van der Waals surface area (Å²) >= 11 is 0. The van der Waals surface area contributed by atoms with Crippen LogP contribution in [0.3, 0.4) is 0 Å². The van der Waals surface area contributed by atoms with Crippen LogP contribution in [-0.2, 0) is 0 Å². The minimum atomic E-state index is -0.932. The Morgan fingerprint density at radius 1 is 1.21 bits per heavy atom. The minimum Gasteiger partial charge on any atom is -0.495 e. The van der Waals surface area contributed by atoms with Crippen molar-refractivity contribution >= 4 is 11.7 Å². The number of ether oxygens (including phenoxy) is 1. The van der Waals surface area contributed by atoms with Crippen molar-refractivity contribution in [2.75, 3.05) is 12.8 Å². The van der Waals surface area contributed by atoms with E-state index in [1.54, 1.807) is 31.4 Å². The maximum Gasteiger partial charge on any atom is 0.335 e. The predicted octanol–water partition coefficient (Wildman–Crippen LogP) is 2.95. The van der Waals surface area contributed by atoms with Gasteiger partial charge >= 0.3 is 5.97 Å². The quantitative estimate of drug-likeness (QED) is 0.829. The number of hydrogen-bond donors (Lipinski definition) is 2. The monoisotopic (exact) mass is 257 g/mol. The van der Waals surface area contributed by atoms with Gasteiger partial charge in [-0.25, -0.2) is 4.79 Å². The van der Waals surface area contributed by atoms with Crippen molar-refractivity contribution in [2.45, 2.75) is 6.92 Å². The Labute approximate surface area is 111 Å². The standard InChI is InChI=1S/C15H15NO3/c1-9-7-13(16)14(19-2)8-12(9)10-3-5-11(6-4-10)15(17)18/h3-8H,16H2,1-2H3,(H,17,18). The van der Waals surface area contributed by atoms with Gasteiger partial charge in [0.15, 0.2) is 0 Å². The van der Waals surface area contributed by atoms with Crippen LogP contribution in [0.5, 0.6) is 5.75 Å². The second kappa shape index (κ2) is 5.02. The molecule has 4 nitrogen and oxygen atoms in total. The average molecular weight is 257 g/mol. The van der Waals surface area contributed by atoms with Crippen LogP contribution in [0.25, 0.3) is 11.1 Å². The van der Waals surface area contributed by atoms with Gasteiger partial charge in [-0.3, -0.25) is 0 Å². The van der Waals surface area contributed by atoms with Crippen LogP contribution in [0, 0.1) is 6.92 Å². The summed E-state index contributed by atoms with van der Waals surface area (Å²) in [6.45, 7) is 1.95. The zero-order valence-corrected chi connectivity index (χ0v) is 10.8. The lowest BCUT2D eigenvalue weighted by atomic mass is 9.98. The summed E-state index contributed by atoms with van der Waals surface area (Å²) in [6.07, 6.45) is 0. The van der Waals surface area contributed by atoms with Gasteiger partial charge in [0.25, 0.3) is 0 Å². The lowest BCUT2D eigenvalue weighted by Crippen LogP contribution is -1.97. The van der Waals surface area contributed by atoms with Gasteiger partial charge in [0, 0.05) is 0 Å². The number of aryl methyl sites for hydroxylation is 1. The first-order valence-corrected chi connectivity index (χ1v) is 5.80. The Hall–Kier alpha value is -2.49. The van der Waals surface area contributed by atoms with E-state index >= 15 is 0 Å². The summed E-state index contributed by atoms with van der Waals surface area (Å²) in [4.78, 5) is 10.8. The van der Waals surface area contributed by atoms with Crippen molar-refractivity contribution in [1.29, 1.82) is 0 Å². The van der Waals surface area contributed by atoms with Gasteiger partial charge in [-0.05, 0) is 47.9 Å². The molecule has 98 valence electrons. The molecular formula is C15H15NO3. The van der Waals surface area contributed by atoms with Crippen molar-refractivity contribution < 1.29 is 14.6 Å². The Morgan fingerprint density at radius 2 is 1.84 bits per heavy atom. The molecule has 0 bridgehead atoms. The molecule has 0 saturated heterocycles. The van der Waals surface area contributed by atoms with Crippen LogP contribution in [0.2, 0.25) is 0 Å². The zero-order valence-electron chi connectivity index (χ0n) is 10.8. The summed E-state index contributed by atoms with van der Waals surface area (Å²) in [5.74, 6) is -0.318. The number of nitrogen functional groups attached to an aromatic ring is 1. The van der Waals surface area contributed by atoms with Gasteiger partial charge in [-0.15, -0.1) is 0 Å². The van der Waals surface area contributed by atoms with Crippen molar-refractivity contribution in [2.24, 2.45) is 0 Å². The highest BCUT2D eigenvalue weighted by atomic mass is 16.5. The number of anilines is 1. The molecule has 3 N–H and O–H groups in total. The molecule has 0 unspecified atom stereocenters. The highest BCUT2D eigenvalue weighted by Gasteiger charge is 2.09. The van der Waals surface area contributed by atoms with Crippen LogP contribution in [0.4, 0.5) is 5.69 Å². The Kier molecular flexibility index (Phi) is 3.42. The van der Waals surface area contributed by atoms with Crippen LogP contribution < -0.4 is 10.5 Å². The lowest BCUT2D eigenvalue weighted by Gasteiger charge is -2.11. The van der Waals surface area contributed by atoms with E-state index in [0.717, 1.165) is 16.7 Å².